The second-order valence-electron chi connectivity index (χ2n) is 4.04. The van der Waals surface area contributed by atoms with E-state index in [0.29, 0.717) is 12.1 Å². The molecule has 0 N–H and O–H groups in total. The number of benzene rings is 1. The lowest BCUT2D eigenvalue weighted by atomic mass is 10.2. The maximum atomic E-state index is 11.7. The molecule has 0 saturated heterocycles. The van der Waals surface area contributed by atoms with Gasteiger partial charge in [-0.15, -0.1) is 0 Å². The zero-order valence-corrected chi connectivity index (χ0v) is 10.8. The third kappa shape index (κ3) is 2.90. The fraction of sp³-hybridized carbons (Fsp3) is 0.308. The molecule has 1 heterocycles. The number of hydrogen-bond donors (Lipinski definition) is 0. The Bertz CT molecular complexity index is 605. The molecule has 0 aliphatic carbocycles. The van der Waals surface area contributed by atoms with E-state index in [-0.39, 0.29) is 6.61 Å². The van der Waals surface area contributed by atoms with Crippen molar-refractivity contribution >= 4 is 23.0 Å². The van der Waals surface area contributed by atoms with Crippen LogP contribution >= 0.6 is 0 Å². The topological polar surface area (TPSA) is 72.6 Å². The highest BCUT2D eigenvalue weighted by molar-refractivity contribution is 6.32. The minimum atomic E-state index is -0.842. The van der Waals surface area contributed by atoms with E-state index in [9.17, 15) is 9.59 Å². The summed E-state index contributed by atoms with van der Waals surface area (Å²) in [5.74, 6) is -1.51. The number of rotatable bonds is 3. The number of ether oxygens (including phenoxy) is 1. The summed E-state index contributed by atoms with van der Waals surface area (Å²) in [5.41, 5.74) is 2.25. The second kappa shape index (κ2) is 5.51. The average Bonchev–Trinajstić information content (AvgIpc) is 2.85. The lowest BCUT2D eigenvalue weighted by Gasteiger charge is -2.15. The van der Waals surface area contributed by atoms with Crippen molar-refractivity contribution < 1.29 is 18.7 Å². The first-order valence-electron chi connectivity index (χ1n) is 5.86. The maximum Gasteiger partial charge on any atom is 0.397 e. The third-order valence-electron chi connectivity index (χ3n) is 2.61. The van der Waals surface area contributed by atoms with Crippen LogP contribution in [0.1, 0.15) is 12.5 Å². The van der Waals surface area contributed by atoms with Gasteiger partial charge in [-0.1, -0.05) is 6.07 Å². The summed E-state index contributed by atoms with van der Waals surface area (Å²) in [6.07, 6.45) is 1.36. The molecule has 0 atom stereocenters. The molecule has 0 aliphatic rings. The predicted molar refractivity (Wildman–Crippen MR) is 67.1 cm³/mol. The Hall–Kier alpha value is -2.37. The molecule has 100 valence electrons. The van der Waals surface area contributed by atoms with E-state index in [1.807, 2.05) is 6.07 Å². The van der Waals surface area contributed by atoms with Crippen LogP contribution < -0.4 is 0 Å². The second-order valence-corrected chi connectivity index (χ2v) is 4.04. The summed E-state index contributed by atoms with van der Waals surface area (Å²) in [6.45, 7) is 2.14. The first-order chi connectivity index (χ1) is 9.11. The predicted octanol–water partition coefficient (Wildman–Crippen LogP) is 1.35. The van der Waals surface area contributed by atoms with Crippen molar-refractivity contribution in [1.29, 1.82) is 0 Å². The number of likely N-dealkylation sites (N-methyl/N-ethyl adjacent to an activating group) is 1. The smallest absolute Gasteiger partial charge is 0.397 e. The molecule has 2 rings (SSSR count). The van der Waals surface area contributed by atoms with Crippen LogP contribution in [0.15, 0.2) is 29.0 Å². The van der Waals surface area contributed by atoms with Crippen LogP contribution in [-0.2, 0) is 20.9 Å². The number of carbonyl (C=O) groups excluding carboxylic acids is 2. The zero-order chi connectivity index (χ0) is 13.8. The Kier molecular flexibility index (Phi) is 3.79. The quantitative estimate of drug-likeness (QED) is 0.616. The van der Waals surface area contributed by atoms with Crippen molar-refractivity contribution in [3.05, 3.63) is 30.2 Å². The molecule has 6 heteroatoms. The molecule has 1 aromatic heterocycles. The molecular formula is C13H14N2O4. The molecule has 0 aliphatic heterocycles. The highest BCUT2D eigenvalue weighted by Crippen LogP contribution is 2.15. The summed E-state index contributed by atoms with van der Waals surface area (Å²) in [6, 6.07) is 5.42. The van der Waals surface area contributed by atoms with Gasteiger partial charge in [-0.3, -0.25) is 4.79 Å². The van der Waals surface area contributed by atoms with Crippen molar-refractivity contribution in [3.63, 3.8) is 0 Å². The Morgan fingerprint density at radius 2 is 2.21 bits per heavy atom. The van der Waals surface area contributed by atoms with Gasteiger partial charge in [-0.25, -0.2) is 9.78 Å². The number of aromatic nitrogens is 1. The fourth-order valence-corrected chi connectivity index (χ4v) is 1.69. The van der Waals surface area contributed by atoms with E-state index < -0.39 is 11.9 Å². The number of oxazole rings is 1. The van der Waals surface area contributed by atoms with E-state index in [2.05, 4.69) is 9.72 Å². The van der Waals surface area contributed by atoms with Crippen molar-refractivity contribution in [2.45, 2.75) is 13.5 Å². The van der Waals surface area contributed by atoms with Crippen LogP contribution in [0.3, 0.4) is 0 Å². The van der Waals surface area contributed by atoms with E-state index in [1.165, 1.54) is 11.3 Å². The minimum Gasteiger partial charge on any atom is -0.459 e. The number of hydrogen-bond acceptors (Lipinski definition) is 5. The molecule has 6 nitrogen and oxygen atoms in total. The normalized spacial score (nSPS) is 10.4. The molecule has 2 aromatic rings. The SMILES string of the molecule is CCOC(=O)C(=O)N(C)Cc1ccc2ncoc2c1. The standard InChI is InChI=1S/C13H14N2O4/c1-3-18-13(17)12(16)15(2)7-9-4-5-10-11(6-9)19-8-14-10/h4-6,8H,3,7H2,1-2H3. The van der Waals surface area contributed by atoms with Crippen LogP contribution in [-0.4, -0.2) is 35.4 Å². The Labute approximate surface area is 110 Å². The van der Waals surface area contributed by atoms with Gasteiger partial charge in [0, 0.05) is 13.6 Å². The van der Waals surface area contributed by atoms with Crippen LogP contribution in [0.25, 0.3) is 11.1 Å². The van der Waals surface area contributed by atoms with Crippen LogP contribution in [0.4, 0.5) is 0 Å². The van der Waals surface area contributed by atoms with Gasteiger partial charge >= 0.3 is 11.9 Å². The molecule has 0 spiro atoms. The number of fused-ring (bicyclic) bond motifs is 1. The van der Waals surface area contributed by atoms with E-state index >= 15 is 0 Å². The molecule has 0 fully saturated rings. The summed E-state index contributed by atoms with van der Waals surface area (Å²) in [5, 5.41) is 0. The lowest BCUT2D eigenvalue weighted by molar-refractivity contribution is -0.159. The summed E-state index contributed by atoms with van der Waals surface area (Å²) in [4.78, 5) is 28.3. The molecule has 19 heavy (non-hydrogen) atoms. The Morgan fingerprint density at radius 1 is 1.42 bits per heavy atom. The van der Waals surface area contributed by atoms with Crippen molar-refractivity contribution in [2.24, 2.45) is 0 Å². The van der Waals surface area contributed by atoms with Crippen LogP contribution in [0.2, 0.25) is 0 Å². The molecule has 0 radical (unpaired) electrons. The molecule has 1 aromatic carbocycles. The van der Waals surface area contributed by atoms with Gasteiger partial charge in [0.05, 0.1) is 6.61 Å². The highest BCUT2D eigenvalue weighted by atomic mass is 16.5. The number of carbonyl (C=O) groups is 2. The van der Waals surface area contributed by atoms with Crippen molar-refractivity contribution in [1.82, 2.24) is 9.88 Å². The molecule has 0 saturated carbocycles. The fourth-order valence-electron chi connectivity index (χ4n) is 1.69. The molecular weight excluding hydrogens is 248 g/mol. The van der Waals surface area contributed by atoms with Gasteiger partial charge in [0.25, 0.3) is 0 Å². The van der Waals surface area contributed by atoms with Gasteiger partial charge in [-0.2, -0.15) is 0 Å². The van der Waals surface area contributed by atoms with Gasteiger partial charge in [0.1, 0.15) is 5.52 Å². The van der Waals surface area contributed by atoms with E-state index in [0.717, 1.165) is 11.1 Å². The van der Waals surface area contributed by atoms with Crippen LogP contribution in [0.5, 0.6) is 0 Å². The molecule has 1 amide bonds. The largest absolute Gasteiger partial charge is 0.459 e. The first-order valence-corrected chi connectivity index (χ1v) is 5.86. The van der Waals surface area contributed by atoms with Gasteiger partial charge in [0.15, 0.2) is 12.0 Å². The zero-order valence-electron chi connectivity index (χ0n) is 10.8. The number of esters is 1. The third-order valence-corrected chi connectivity index (χ3v) is 2.61. The Morgan fingerprint density at radius 3 is 2.95 bits per heavy atom. The van der Waals surface area contributed by atoms with E-state index in [4.69, 9.17) is 4.42 Å². The average molecular weight is 262 g/mol. The summed E-state index contributed by atoms with van der Waals surface area (Å²) < 4.78 is 9.84. The lowest BCUT2D eigenvalue weighted by Crippen LogP contribution is -2.34. The van der Waals surface area contributed by atoms with E-state index in [1.54, 1.807) is 26.1 Å². The summed E-state index contributed by atoms with van der Waals surface area (Å²) >= 11 is 0. The summed E-state index contributed by atoms with van der Waals surface area (Å²) in [7, 11) is 1.55. The Balaban J connectivity index is 2.07. The number of amides is 1. The first kappa shape index (κ1) is 13.1. The van der Waals surface area contributed by atoms with Gasteiger partial charge in [0.2, 0.25) is 0 Å². The molecule has 0 bridgehead atoms. The minimum absolute atomic E-state index is 0.183. The van der Waals surface area contributed by atoms with Crippen LogP contribution in [0, 0.1) is 0 Å². The monoisotopic (exact) mass is 262 g/mol. The number of nitrogens with zero attached hydrogens (tertiary/aromatic N) is 2. The van der Waals surface area contributed by atoms with Gasteiger partial charge < -0.3 is 14.1 Å². The van der Waals surface area contributed by atoms with Gasteiger partial charge in [-0.05, 0) is 24.6 Å². The van der Waals surface area contributed by atoms with Crippen molar-refractivity contribution in [3.8, 4) is 0 Å². The molecule has 0 unspecified atom stereocenters. The van der Waals surface area contributed by atoms with Crippen molar-refractivity contribution in [2.75, 3.05) is 13.7 Å². The maximum absolute atomic E-state index is 11.7. The highest BCUT2D eigenvalue weighted by Gasteiger charge is 2.20.